The summed E-state index contributed by atoms with van der Waals surface area (Å²) in [4.78, 5) is 26.1. The van der Waals surface area contributed by atoms with E-state index in [0.717, 1.165) is 67.8 Å². The van der Waals surface area contributed by atoms with Gasteiger partial charge in [-0.1, -0.05) is 79.2 Å². The third-order valence-electron chi connectivity index (χ3n) is 6.88. The molecule has 8 heteroatoms. The molecule has 1 saturated heterocycles. The molecule has 4 rings (SSSR count). The van der Waals surface area contributed by atoms with E-state index in [1.54, 1.807) is 12.1 Å². The maximum Gasteiger partial charge on any atom is 0.429 e. The average Bonchev–Trinajstić information content (AvgIpc) is 3.01. The van der Waals surface area contributed by atoms with Crippen molar-refractivity contribution in [3.05, 3.63) is 90.0 Å². The number of benzene rings is 3. The maximum atomic E-state index is 13.4. The lowest BCUT2D eigenvalue weighted by atomic mass is 10.0. The molecule has 1 heterocycles. The van der Waals surface area contributed by atoms with E-state index < -0.39 is 6.09 Å². The molecule has 1 fully saturated rings. The highest BCUT2D eigenvalue weighted by Crippen LogP contribution is 2.33. The van der Waals surface area contributed by atoms with Crippen LogP contribution in [0.25, 0.3) is 11.1 Å². The fourth-order valence-electron chi connectivity index (χ4n) is 4.75. The molecule has 3 aromatic rings. The number of nitrogens with zero attached hydrogens (tertiary/aromatic N) is 2. The summed E-state index contributed by atoms with van der Waals surface area (Å²) < 4.78 is 10.7. The Morgan fingerprint density at radius 3 is 2.27 bits per heavy atom. The van der Waals surface area contributed by atoms with E-state index in [9.17, 15) is 9.59 Å². The van der Waals surface area contributed by atoms with Crippen LogP contribution in [-0.4, -0.2) is 69.9 Å². The van der Waals surface area contributed by atoms with Crippen LogP contribution < -0.4 is 15.6 Å². The molecule has 1 aliphatic rings. The van der Waals surface area contributed by atoms with Crippen LogP contribution in [0.4, 0.5) is 10.5 Å². The summed E-state index contributed by atoms with van der Waals surface area (Å²) in [5.74, 6) is -0.00282. The van der Waals surface area contributed by atoms with Crippen LogP contribution >= 0.6 is 0 Å². The first kappa shape index (κ1) is 29.4. The monoisotopic (exact) mass is 544 g/mol. The lowest BCUT2D eigenvalue weighted by Gasteiger charge is -2.37. The predicted molar refractivity (Wildman–Crippen MR) is 158 cm³/mol. The van der Waals surface area contributed by atoms with Gasteiger partial charge in [-0.25, -0.2) is 14.8 Å². The number of carbonyl (C=O) groups is 2. The van der Waals surface area contributed by atoms with Gasteiger partial charge in [0.25, 0.3) is 0 Å². The summed E-state index contributed by atoms with van der Waals surface area (Å²) in [5.41, 5.74) is 4.59. The number of ether oxygens (including phenoxy) is 2. The Bertz CT molecular complexity index is 1200. The molecule has 0 atom stereocenters. The fourth-order valence-corrected chi connectivity index (χ4v) is 4.75. The molecule has 0 spiro atoms. The quantitative estimate of drug-likeness (QED) is 0.221. The van der Waals surface area contributed by atoms with Gasteiger partial charge in [0.2, 0.25) is 0 Å². The summed E-state index contributed by atoms with van der Waals surface area (Å²) in [6.07, 6.45) is 2.82. The molecule has 0 bridgehead atoms. The van der Waals surface area contributed by atoms with Crippen molar-refractivity contribution in [2.45, 2.75) is 25.8 Å². The third kappa shape index (κ3) is 8.47. The minimum Gasteiger partial charge on any atom is -0.447 e. The molecule has 3 aromatic carbocycles. The lowest BCUT2D eigenvalue weighted by Crippen LogP contribution is -2.50. The van der Waals surface area contributed by atoms with E-state index in [-0.39, 0.29) is 18.9 Å². The smallest absolute Gasteiger partial charge is 0.429 e. The van der Waals surface area contributed by atoms with Crippen LogP contribution in [0.5, 0.6) is 0 Å². The van der Waals surface area contributed by atoms with E-state index in [2.05, 4.69) is 15.6 Å². The van der Waals surface area contributed by atoms with Gasteiger partial charge in [0.1, 0.15) is 6.61 Å². The van der Waals surface area contributed by atoms with E-state index in [0.29, 0.717) is 18.7 Å². The molecular formula is C32H40N4O4. The molecule has 1 amide bonds. The van der Waals surface area contributed by atoms with Gasteiger partial charge in [0.05, 0.1) is 18.8 Å². The molecular weight excluding hydrogens is 504 g/mol. The van der Waals surface area contributed by atoms with E-state index >= 15 is 0 Å². The summed E-state index contributed by atoms with van der Waals surface area (Å²) in [6, 6.07) is 25.6. The Labute approximate surface area is 237 Å². The topological polar surface area (TPSA) is 83.1 Å². The van der Waals surface area contributed by atoms with E-state index in [1.807, 2.05) is 78.9 Å². The number of rotatable bonds is 14. The highest BCUT2D eigenvalue weighted by molar-refractivity contribution is 5.97. The Balaban J connectivity index is 1.30. The summed E-state index contributed by atoms with van der Waals surface area (Å²) in [7, 11) is 1.68. The normalized spacial score (nSPS) is 13.6. The zero-order valence-electron chi connectivity index (χ0n) is 23.3. The molecule has 0 aliphatic carbocycles. The SMILES string of the molecule is COCCNCc1ccc(C(=O)CNCCOC(=O)N(c2ccccc2-c2ccccc2)N2CCCCC2)cc1. The molecule has 1 aliphatic heterocycles. The van der Waals surface area contributed by atoms with Crippen molar-refractivity contribution in [1.82, 2.24) is 15.6 Å². The summed E-state index contributed by atoms with van der Waals surface area (Å²) in [5, 5.41) is 10.2. The van der Waals surface area contributed by atoms with Crippen molar-refractivity contribution in [2.24, 2.45) is 0 Å². The maximum absolute atomic E-state index is 13.4. The predicted octanol–water partition coefficient (Wildman–Crippen LogP) is 4.91. The van der Waals surface area contributed by atoms with Gasteiger partial charge < -0.3 is 20.1 Å². The zero-order chi connectivity index (χ0) is 28.0. The number of piperidine rings is 1. The minimum absolute atomic E-state index is 0.00282. The molecule has 0 unspecified atom stereocenters. The van der Waals surface area contributed by atoms with Gasteiger partial charge in [-0.05, 0) is 30.0 Å². The molecule has 0 radical (unpaired) electrons. The number of anilines is 1. The van der Waals surface area contributed by atoms with Gasteiger partial charge in [0, 0.05) is 51.0 Å². The molecule has 0 saturated carbocycles. The highest BCUT2D eigenvalue weighted by atomic mass is 16.6. The summed E-state index contributed by atoms with van der Waals surface area (Å²) >= 11 is 0. The van der Waals surface area contributed by atoms with Gasteiger partial charge in [-0.3, -0.25) is 4.79 Å². The number of carbonyl (C=O) groups excluding carboxylic acids is 2. The van der Waals surface area contributed by atoms with Crippen LogP contribution in [0.15, 0.2) is 78.9 Å². The van der Waals surface area contributed by atoms with Gasteiger partial charge in [0.15, 0.2) is 5.78 Å². The number of hydrazine groups is 1. The number of nitrogens with one attached hydrogen (secondary N) is 2. The van der Waals surface area contributed by atoms with Crippen LogP contribution in [0, 0.1) is 0 Å². The number of hydrogen-bond acceptors (Lipinski definition) is 7. The first-order chi connectivity index (χ1) is 19.7. The van der Waals surface area contributed by atoms with Crippen molar-refractivity contribution in [3.8, 4) is 11.1 Å². The number of hydrogen-bond donors (Lipinski definition) is 2. The van der Waals surface area contributed by atoms with Crippen LogP contribution in [0.2, 0.25) is 0 Å². The average molecular weight is 545 g/mol. The van der Waals surface area contributed by atoms with Crippen molar-refractivity contribution < 1.29 is 19.1 Å². The fraction of sp³-hybridized carbons (Fsp3) is 0.375. The van der Waals surface area contributed by atoms with Crippen LogP contribution in [0.3, 0.4) is 0 Å². The van der Waals surface area contributed by atoms with Gasteiger partial charge in [-0.15, -0.1) is 0 Å². The van der Waals surface area contributed by atoms with Crippen molar-refractivity contribution in [2.75, 3.05) is 58.1 Å². The van der Waals surface area contributed by atoms with E-state index in [4.69, 9.17) is 9.47 Å². The number of amides is 1. The number of para-hydroxylation sites is 1. The van der Waals surface area contributed by atoms with Gasteiger partial charge in [-0.2, -0.15) is 0 Å². The largest absolute Gasteiger partial charge is 0.447 e. The number of ketones is 1. The Morgan fingerprint density at radius 2 is 1.52 bits per heavy atom. The second-order valence-corrected chi connectivity index (χ2v) is 9.79. The molecule has 8 nitrogen and oxygen atoms in total. The first-order valence-corrected chi connectivity index (χ1v) is 14.1. The molecule has 2 N–H and O–H groups in total. The third-order valence-corrected chi connectivity index (χ3v) is 6.88. The Morgan fingerprint density at radius 1 is 0.825 bits per heavy atom. The zero-order valence-corrected chi connectivity index (χ0v) is 23.3. The molecule has 212 valence electrons. The Hall–Kier alpha value is -3.56. The van der Waals surface area contributed by atoms with Crippen molar-refractivity contribution in [1.29, 1.82) is 0 Å². The van der Waals surface area contributed by atoms with Crippen LogP contribution in [-0.2, 0) is 16.0 Å². The Kier molecular flexibility index (Phi) is 11.7. The lowest BCUT2D eigenvalue weighted by molar-refractivity contribution is 0.0986. The van der Waals surface area contributed by atoms with Crippen molar-refractivity contribution >= 4 is 17.6 Å². The van der Waals surface area contributed by atoms with E-state index in [1.165, 1.54) is 0 Å². The number of Topliss-reactive ketones (excluding diaryl/α,β-unsaturated/α-hetero) is 1. The summed E-state index contributed by atoms with van der Waals surface area (Å²) in [6.45, 7) is 4.49. The second-order valence-electron chi connectivity index (χ2n) is 9.79. The van der Waals surface area contributed by atoms with Gasteiger partial charge >= 0.3 is 6.09 Å². The molecule has 40 heavy (non-hydrogen) atoms. The minimum atomic E-state index is -0.409. The first-order valence-electron chi connectivity index (χ1n) is 14.1. The standard InChI is InChI=1S/C32H40N4O4/c1-39-22-18-33-24-26-14-16-28(17-15-26)31(37)25-34-19-23-40-32(38)36(35-20-8-3-9-21-35)30-13-7-6-12-29(30)27-10-4-2-5-11-27/h2,4-7,10-17,33-34H,3,8-9,18-25H2,1H3. The van der Waals surface area contributed by atoms with Crippen molar-refractivity contribution in [3.63, 3.8) is 0 Å². The highest BCUT2D eigenvalue weighted by Gasteiger charge is 2.28. The second kappa shape index (κ2) is 15.9. The number of methoxy groups -OCH3 is 1. The van der Waals surface area contributed by atoms with Crippen LogP contribution in [0.1, 0.15) is 35.2 Å². The molecule has 0 aromatic heterocycles.